The van der Waals surface area contributed by atoms with Crippen LogP contribution in [0.2, 0.25) is 0 Å². The van der Waals surface area contributed by atoms with Gasteiger partial charge in [0, 0.05) is 21.2 Å². The minimum atomic E-state index is 1.10. The van der Waals surface area contributed by atoms with Gasteiger partial charge in [-0.15, -0.1) is 11.3 Å². The Morgan fingerprint density at radius 1 is 0.529 bits per heavy atom. The number of hydrogen-bond acceptors (Lipinski definition) is 2. The number of hydrogen-bond donors (Lipinski definition) is 1. The highest BCUT2D eigenvalue weighted by Crippen LogP contribution is 2.43. The monoisotopic (exact) mass is 451 g/mol. The van der Waals surface area contributed by atoms with Crippen LogP contribution in [0.1, 0.15) is 0 Å². The van der Waals surface area contributed by atoms with Crippen LogP contribution in [0.3, 0.4) is 0 Å². The lowest BCUT2D eigenvalue weighted by atomic mass is 9.98. The molecule has 2 heteroatoms. The Morgan fingerprint density at radius 2 is 1.21 bits per heavy atom. The van der Waals surface area contributed by atoms with Crippen molar-refractivity contribution in [2.45, 2.75) is 0 Å². The third-order valence-electron chi connectivity index (χ3n) is 6.63. The SMILES string of the molecule is c1ccc2c(-c3ccc(Nc4cc5ccccc5c5c4sc4ccccc45)cc3)cccc2c1. The van der Waals surface area contributed by atoms with Gasteiger partial charge in [0.25, 0.3) is 0 Å². The fourth-order valence-corrected chi connectivity index (χ4v) is 6.22. The highest BCUT2D eigenvalue weighted by Gasteiger charge is 2.13. The fourth-order valence-electron chi connectivity index (χ4n) is 5.03. The highest BCUT2D eigenvalue weighted by atomic mass is 32.1. The van der Waals surface area contributed by atoms with E-state index < -0.39 is 0 Å². The minimum absolute atomic E-state index is 1.10. The molecule has 0 aliphatic carbocycles. The molecular formula is C32H21NS. The number of anilines is 2. The standard InChI is InChI=1S/C32H21NS/c1-3-11-25-21(8-1)10-7-14-26(25)22-16-18-24(19-17-22)33-29-20-23-9-2-4-12-27(23)31-28-13-5-6-15-30(28)34-32(29)31/h1-20,33H. The average Bonchev–Trinajstić information content (AvgIpc) is 3.29. The molecule has 0 saturated carbocycles. The van der Waals surface area contributed by atoms with Crippen molar-refractivity contribution in [3.8, 4) is 11.1 Å². The van der Waals surface area contributed by atoms with Crippen molar-refractivity contribution in [3.05, 3.63) is 121 Å². The summed E-state index contributed by atoms with van der Waals surface area (Å²) in [5, 5.41) is 11.5. The van der Waals surface area contributed by atoms with Crippen LogP contribution in [-0.2, 0) is 0 Å². The van der Waals surface area contributed by atoms with Crippen LogP contribution >= 0.6 is 11.3 Å². The number of thiophene rings is 1. The molecule has 0 aliphatic rings. The van der Waals surface area contributed by atoms with Gasteiger partial charge in [0.1, 0.15) is 0 Å². The van der Waals surface area contributed by atoms with Gasteiger partial charge in [-0.1, -0.05) is 97.1 Å². The maximum atomic E-state index is 3.73. The predicted molar refractivity (Wildman–Crippen MR) is 150 cm³/mol. The molecule has 0 unspecified atom stereocenters. The number of benzene rings is 6. The predicted octanol–water partition coefficient (Wildman–Crippen LogP) is 9.77. The van der Waals surface area contributed by atoms with Gasteiger partial charge < -0.3 is 5.32 Å². The largest absolute Gasteiger partial charge is 0.354 e. The molecule has 0 saturated heterocycles. The summed E-state index contributed by atoms with van der Waals surface area (Å²) in [7, 11) is 0. The van der Waals surface area contributed by atoms with E-state index in [-0.39, 0.29) is 0 Å². The zero-order valence-corrected chi connectivity index (χ0v) is 19.3. The van der Waals surface area contributed by atoms with Gasteiger partial charge in [0.2, 0.25) is 0 Å². The minimum Gasteiger partial charge on any atom is -0.354 e. The van der Waals surface area contributed by atoms with E-state index >= 15 is 0 Å². The van der Waals surface area contributed by atoms with Crippen molar-refractivity contribution < 1.29 is 0 Å². The molecule has 0 radical (unpaired) electrons. The summed E-state index contributed by atoms with van der Waals surface area (Å²) in [5.74, 6) is 0. The molecular weight excluding hydrogens is 430 g/mol. The molecule has 1 nitrogen and oxygen atoms in total. The van der Waals surface area contributed by atoms with Crippen molar-refractivity contribution in [2.75, 3.05) is 5.32 Å². The fraction of sp³-hybridized carbons (Fsp3) is 0. The molecule has 0 fully saturated rings. The molecule has 1 heterocycles. The molecule has 6 aromatic carbocycles. The lowest BCUT2D eigenvalue weighted by molar-refractivity contribution is 1.58. The van der Waals surface area contributed by atoms with Crippen LogP contribution in [0.15, 0.2) is 121 Å². The van der Waals surface area contributed by atoms with E-state index in [4.69, 9.17) is 0 Å². The Balaban J connectivity index is 1.34. The second-order valence-electron chi connectivity index (χ2n) is 8.68. The van der Waals surface area contributed by atoms with Crippen molar-refractivity contribution in [1.29, 1.82) is 0 Å². The van der Waals surface area contributed by atoms with Crippen LogP contribution in [0, 0.1) is 0 Å². The molecule has 160 valence electrons. The molecule has 7 rings (SSSR count). The van der Waals surface area contributed by atoms with Gasteiger partial charge in [0.05, 0.1) is 10.4 Å². The summed E-state index contributed by atoms with van der Waals surface area (Å²) in [4.78, 5) is 0. The van der Waals surface area contributed by atoms with Crippen molar-refractivity contribution in [2.24, 2.45) is 0 Å². The molecule has 7 aromatic rings. The summed E-state index contributed by atoms with van der Waals surface area (Å²) < 4.78 is 2.63. The van der Waals surface area contributed by atoms with Crippen molar-refractivity contribution >= 4 is 64.4 Å². The summed E-state index contributed by atoms with van der Waals surface area (Å²) >= 11 is 1.86. The maximum absolute atomic E-state index is 3.73. The Hall–Kier alpha value is -4.14. The van der Waals surface area contributed by atoms with Gasteiger partial charge in [-0.25, -0.2) is 0 Å². The normalized spacial score (nSPS) is 11.5. The highest BCUT2D eigenvalue weighted by molar-refractivity contribution is 7.26. The first-order valence-electron chi connectivity index (χ1n) is 11.5. The first kappa shape index (κ1) is 19.3. The second kappa shape index (κ2) is 7.72. The number of rotatable bonds is 3. The topological polar surface area (TPSA) is 12.0 Å². The Bertz CT molecular complexity index is 1820. The van der Waals surface area contributed by atoms with E-state index in [0.717, 1.165) is 11.4 Å². The van der Waals surface area contributed by atoms with Gasteiger partial charge in [-0.05, 0) is 56.9 Å². The molecule has 0 amide bonds. The van der Waals surface area contributed by atoms with Crippen LogP contribution in [-0.4, -0.2) is 0 Å². The Labute approximate surface area is 201 Å². The van der Waals surface area contributed by atoms with Gasteiger partial charge >= 0.3 is 0 Å². The maximum Gasteiger partial charge on any atom is 0.0596 e. The van der Waals surface area contributed by atoms with Crippen LogP contribution in [0.25, 0.3) is 52.8 Å². The molecule has 1 aromatic heterocycles. The van der Waals surface area contributed by atoms with E-state index in [0.29, 0.717) is 0 Å². The van der Waals surface area contributed by atoms with Crippen LogP contribution in [0.5, 0.6) is 0 Å². The second-order valence-corrected chi connectivity index (χ2v) is 9.73. The first-order valence-corrected chi connectivity index (χ1v) is 12.3. The van der Waals surface area contributed by atoms with E-state index in [1.807, 2.05) is 11.3 Å². The lowest BCUT2D eigenvalue weighted by Gasteiger charge is -2.12. The third-order valence-corrected chi connectivity index (χ3v) is 7.84. The number of fused-ring (bicyclic) bond motifs is 6. The van der Waals surface area contributed by atoms with E-state index in [1.165, 1.54) is 52.8 Å². The van der Waals surface area contributed by atoms with Crippen molar-refractivity contribution in [1.82, 2.24) is 0 Å². The number of nitrogens with one attached hydrogen (secondary N) is 1. The Kier molecular flexibility index (Phi) is 4.39. The third kappa shape index (κ3) is 3.07. The van der Waals surface area contributed by atoms with E-state index in [2.05, 4.69) is 127 Å². The quantitative estimate of drug-likeness (QED) is 0.282. The van der Waals surface area contributed by atoms with Crippen LogP contribution in [0.4, 0.5) is 11.4 Å². The van der Waals surface area contributed by atoms with Crippen molar-refractivity contribution in [3.63, 3.8) is 0 Å². The summed E-state index contributed by atoms with van der Waals surface area (Å²) in [5.41, 5.74) is 4.75. The molecule has 1 N–H and O–H groups in total. The van der Waals surface area contributed by atoms with Crippen LogP contribution < -0.4 is 5.32 Å². The van der Waals surface area contributed by atoms with Gasteiger partial charge in [0.15, 0.2) is 0 Å². The molecule has 0 aliphatic heterocycles. The first-order chi connectivity index (χ1) is 16.8. The molecule has 0 atom stereocenters. The lowest BCUT2D eigenvalue weighted by Crippen LogP contribution is -1.91. The average molecular weight is 452 g/mol. The van der Waals surface area contributed by atoms with E-state index in [9.17, 15) is 0 Å². The molecule has 34 heavy (non-hydrogen) atoms. The molecule has 0 spiro atoms. The molecule has 0 bridgehead atoms. The summed E-state index contributed by atoms with van der Waals surface area (Å²) in [6, 6.07) is 43.6. The smallest absolute Gasteiger partial charge is 0.0596 e. The van der Waals surface area contributed by atoms with E-state index in [1.54, 1.807) is 0 Å². The summed E-state index contributed by atoms with van der Waals surface area (Å²) in [6.07, 6.45) is 0. The van der Waals surface area contributed by atoms with Gasteiger partial charge in [-0.3, -0.25) is 0 Å². The Morgan fingerprint density at radius 3 is 2.06 bits per heavy atom. The van der Waals surface area contributed by atoms with Gasteiger partial charge in [-0.2, -0.15) is 0 Å². The zero-order chi connectivity index (χ0) is 22.5. The zero-order valence-electron chi connectivity index (χ0n) is 18.5. The summed E-state index contributed by atoms with van der Waals surface area (Å²) in [6.45, 7) is 0.